The predicted molar refractivity (Wildman–Crippen MR) is 178 cm³/mol. The van der Waals surface area contributed by atoms with E-state index in [1.807, 2.05) is 38.1 Å². The second-order valence-electron chi connectivity index (χ2n) is 13.5. The molecular weight excluding hydrogens is 604 g/mol. The topological polar surface area (TPSA) is 151 Å². The molecule has 2 atom stereocenters. The van der Waals surface area contributed by atoms with Crippen molar-refractivity contribution in [1.82, 2.24) is 9.97 Å². The lowest BCUT2D eigenvalue weighted by atomic mass is 9.75. The Bertz CT molecular complexity index is 1510. The van der Waals surface area contributed by atoms with Crippen molar-refractivity contribution < 1.29 is 27.5 Å². The molecular formula is C35H48N4O6S. The number of allylic oxidation sites excluding steroid dienone is 1. The maximum absolute atomic E-state index is 13.4. The van der Waals surface area contributed by atoms with Crippen LogP contribution >= 0.6 is 0 Å². The van der Waals surface area contributed by atoms with Crippen molar-refractivity contribution in [2.45, 2.75) is 95.7 Å². The first-order valence-electron chi connectivity index (χ1n) is 16.7. The number of benzene rings is 1. The number of carbonyl (C=O) groups excluding carboxylic acids is 2. The standard InChI is InChI=1S/C35H48N4O6S/c1-22(2)32(36)34(41)45-26-14-10-24(11-15-26)33(40)23-8-12-25(13-9-23)38-35-37-19-18-30(39-35)28-16-17-29-27(28)6-4-7-31(29)44-20-5-21-46(3,42)43/h4,6-7,16-19,22-26,28,32H,5,8-15,20-21,36H2,1-3H3,(H,37,38,39)/t23-,24?,25-,26?,28?,32-/m1/s1. The fraction of sp³-hybridized carbons (Fsp3) is 0.600. The average Bonchev–Trinajstić information content (AvgIpc) is 3.48. The lowest BCUT2D eigenvalue weighted by Crippen LogP contribution is -2.40. The van der Waals surface area contributed by atoms with Gasteiger partial charge in [-0.3, -0.25) is 9.59 Å². The summed E-state index contributed by atoms with van der Waals surface area (Å²) in [5, 5.41) is 3.52. The number of nitrogens with two attached hydrogens (primary N) is 1. The summed E-state index contributed by atoms with van der Waals surface area (Å²) >= 11 is 0. The molecule has 3 aliphatic carbocycles. The summed E-state index contributed by atoms with van der Waals surface area (Å²) in [4.78, 5) is 35.0. The third-order valence-corrected chi connectivity index (χ3v) is 10.6. The van der Waals surface area contributed by atoms with E-state index in [-0.39, 0.29) is 47.5 Å². The van der Waals surface area contributed by atoms with Crippen molar-refractivity contribution >= 4 is 33.6 Å². The van der Waals surface area contributed by atoms with E-state index in [1.165, 1.54) is 6.26 Å². The minimum atomic E-state index is -3.01. The first kappa shape index (κ1) is 34.0. The second-order valence-corrected chi connectivity index (χ2v) is 15.8. The van der Waals surface area contributed by atoms with E-state index in [4.69, 9.17) is 20.2 Å². The number of anilines is 1. The number of sulfone groups is 1. The summed E-state index contributed by atoms with van der Waals surface area (Å²) in [6, 6.07) is 7.46. The zero-order chi connectivity index (χ0) is 32.8. The first-order valence-corrected chi connectivity index (χ1v) is 18.8. The summed E-state index contributed by atoms with van der Waals surface area (Å²) < 4.78 is 34.4. The van der Waals surface area contributed by atoms with Gasteiger partial charge in [-0.15, -0.1) is 0 Å². The number of carbonyl (C=O) groups is 2. The normalized spacial score (nSPS) is 25.1. The van der Waals surface area contributed by atoms with Crippen LogP contribution in [0.4, 0.5) is 5.95 Å². The number of aromatic nitrogens is 2. The van der Waals surface area contributed by atoms with Gasteiger partial charge in [0.2, 0.25) is 5.95 Å². The van der Waals surface area contributed by atoms with Crippen LogP contribution in [-0.2, 0) is 24.2 Å². The SMILES string of the molecule is CC(C)[C@@H](N)C(=O)OC1CCC(C(=O)[C@H]2CC[C@H](Nc3nccc(C4C=Cc5c(OCCCS(C)(=O)=O)cccc54)n3)CC2)CC1. The van der Waals surface area contributed by atoms with Crippen molar-refractivity contribution in [2.24, 2.45) is 23.5 Å². The van der Waals surface area contributed by atoms with E-state index in [9.17, 15) is 18.0 Å². The lowest BCUT2D eigenvalue weighted by molar-refractivity contribution is -0.154. The predicted octanol–water partition coefficient (Wildman–Crippen LogP) is 5.07. The van der Waals surface area contributed by atoms with Gasteiger partial charge in [-0.05, 0) is 81.4 Å². The van der Waals surface area contributed by atoms with Crippen LogP contribution in [0.2, 0.25) is 0 Å². The van der Waals surface area contributed by atoms with Gasteiger partial charge in [0, 0.05) is 41.8 Å². The highest BCUT2D eigenvalue weighted by molar-refractivity contribution is 7.90. The van der Waals surface area contributed by atoms with Crippen LogP contribution in [0.3, 0.4) is 0 Å². The number of nitrogens with zero attached hydrogens (tertiary/aromatic N) is 2. The van der Waals surface area contributed by atoms with Gasteiger partial charge in [0.1, 0.15) is 33.5 Å². The maximum atomic E-state index is 13.4. The van der Waals surface area contributed by atoms with Crippen LogP contribution in [-0.4, -0.2) is 66.9 Å². The van der Waals surface area contributed by atoms with Gasteiger partial charge in [0.25, 0.3) is 0 Å². The molecule has 250 valence electrons. The molecule has 2 saturated carbocycles. The Hall–Kier alpha value is -3.31. The third kappa shape index (κ3) is 8.73. The van der Waals surface area contributed by atoms with Crippen molar-refractivity contribution in [3.05, 3.63) is 53.4 Å². The zero-order valence-electron chi connectivity index (χ0n) is 27.2. The van der Waals surface area contributed by atoms with E-state index in [2.05, 4.69) is 22.4 Å². The molecule has 11 heteroatoms. The van der Waals surface area contributed by atoms with Gasteiger partial charge < -0.3 is 20.5 Å². The average molecular weight is 653 g/mol. The van der Waals surface area contributed by atoms with Gasteiger partial charge in [0.15, 0.2) is 0 Å². The van der Waals surface area contributed by atoms with Crippen LogP contribution < -0.4 is 15.8 Å². The van der Waals surface area contributed by atoms with Gasteiger partial charge in [-0.25, -0.2) is 18.4 Å². The molecule has 5 rings (SSSR count). The Kier molecular flexibility index (Phi) is 11.1. The Labute approximate surface area is 272 Å². The van der Waals surface area contributed by atoms with Gasteiger partial charge in [0.05, 0.1) is 18.1 Å². The smallest absolute Gasteiger partial charge is 0.323 e. The molecule has 0 amide bonds. The van der Waals surface area contributed by atoms with Gasteiger partial charge >= 0.3 is 5.97 Å². The first-order chi connectivity index (χ1) is 22.0. The highest BCUT2D eigenvalue weighted by atomic mass is 32.2. The van der Waals surface area contributed by atoms with Crippen molar-refractivity contribution in [3.63, 3.8) is 0 Å². The number of ether oxygens (including phenoxy) is 2. The Morgan fingerprint density at radius 2 is 1.72 bits per heavy atom. The number of fused-ring (bicyclic) bond motifs is 1. The van der Waals surface area contributed by atoms with Crippen LogP contribution in [0, 0.1) is 17.8 Å². The summed E-state index contributed by atoms with van der Waals surface area (Å²) in [5.41, 5.74) is 8.91. The zero-order valence-corrected chi connectivity index (χ0v) is 28.0. The Balaban J connectivity index is 1.09. The summed E-state index contributed by atoms with van der Waals surface area (Å²) in [5.74, 6) is 1.59. The Morgan fingerprint density at radius 3 is 2.39 bits per heavy atom. The monoisotopic (exact) mass is 652 g/mol. The third-order valence-electron chi connectivity index (χ3n) is 9.62. The minimum absolute atomic E-state index is 0.0305. The van der Waals surface area contributed by atoms with Crippen molar-refractivity contribution in [2.75, 3.05) is 23.9 Å². The number of nitrogens with one attached hydrogen (secondary N) is 1. The quantitative estimate of drug-likeness (QED) is 0.222. The van der Waals surface area contributed by atoms with Crippen LogP contribution in [0.25, 0.3) is 6.08 Å². The number of ketones is 1. The van der Waals surface area contributed by atoms with Crippen LogP contribution in [0.15, 0.2) is 36.5 Å². The number of hydrogen-bond acceptors (Lipinski definition) is 10. The number of Topliss-reactive ketones (excluding diaryl/α,β-unsaturated/α-hetero) is 1. The van der Waals surface area contributed by atoms with E-state index < -0.39 is 15.9 Å². The number of rotatable bonds is 13. The molecule has 0 bridgehead atoms. The molecule has 2 fully saturated rings. The molecule has 3 aliphatic rings. The van der Waals surface area contributed by atoms with E-state index >= 15 is 0 Å². The highest BCUT2D eigenvalue weighted by Gasteiger charge is 2.35. The molecule has 1 unspecified atom stereocenters. The van der Waals surface area contributed by atoms with Gasteiger partial charge in [-0.2, -0.15) is 0 Å². The lowest BCUT2D eigenvalue weighted by Gasteiger charge is -2.33. The molecule has 0 aliphatic heterocycles. The van der Waals surface area contributed by atoms with Crippen molar-refractivity contribution in [3.8, 4) is 5.75 Å². The minimum Gasteiger partial charge on any atom is -0.493 e. The largest absolute Gasteiger partial charge is 0.493 e. The highest BCUT2D eigenvalue weighted by Crippen LogP contribution is 2.40. The molecule has 3 N–H and O–H groups in total. The summed E-state index contributed by atoms with van der Waals surface area (Å²) in [6.45, 7) is 4.15. The molecule has 0 radical (unpaired) electrons. The molecule has 10 nitrogen and oxygen atoms in total. The van der Waals surface area contributed by atoms with Crippen molar-refractivity contribution in [1.29, 1.82) is 0 Å². The van der Waals surface area contributed by atoms with E-state index in [1.54, 1.807) is 6.20 Å². The molecule has 1 aromatic carbocycles. The molecule has 0 spiro atoms. The van der Waals surface area contributed by atoms with Crippen LogP contribution in [0.5, 0.6) is 5.75 Å². The van der Waals surface area contributed by atoms with E-state index in [0.717, 1.165) is 73.9 Å². The fourth-order valence-electron chi connectivity index (χ4n) is 6.83. The number of esters is 1. The van der Waals surface area contributed by atoms with Crippen LogP contribution in [0.1, 0.15) is 94.4 Å². The van der Waals surface area contributed by atoms with Gasteiger partial charge in [-0.1, -0.05) is 38.1 Å². The second kappa shape index (κ2) is 15.1. The summed E-state index contributed by atoms with van der Waals surface area (Å²) in [7, 11) is -3.01. The molecule has 1 aromatic heterocycles. The van der Waals surface area contributed by atoms with E-state index in [0.29, 0.717) is 24.8 Å². The maximum Gasteiger partial charge on any atom is 0.323 e. The number of hydrogen-bond donors (Lipinski definition) is 2. The molecule has 0 saturated heterocycles. The molecule has 1 heterocycles. The molecule has 46 heavy (non-hydrogen) atoms. The molecule has 2 aromatic rings. The Morgan fingerprint density at radius 1 is 1.02 bits per heavy atom. The fourth-order valence-corrected chi connectivity index (χ4v) is 7.47. The summed E-state index contributed by atoms with van der Waals surface area (Å²) in [6.07, 6.45) is 13.9.